The molecule has 0 saturated carbocycles. The normalized spacial score (nSPS) is 10.1. The molecular formula is C14H16N4O4. The molecule has 0 saturated heterocycles. The number of methoxy groups -OCH3 is 1. The van der Waals surface area contributed by atoms with E-state index >= 15 is 0 Å². The van der Waals surface area contributed by atoms with Crippen molar-refractivity contribution in [2.45, 2.75) is 0 Å². The van der Waals surface area contributed by atoms with Crippen LogP contribution >= 0.6 is 0 Å². The van der Waals surface area contributed by atoms with Crippen LogP contribution in [-0.4, -0.2) is 34.7 Å². The number of carbonyl (C=O) groups excluding carboxylic acids is 1. The van der Waals surface area contributed by atoms with Gasteiger partial charge in [0.05, 0.1) is 12.8 Å². The molecule has 22 heavy (non-hydrogen) atoms. The number of nitrogens with zero attached hydrogens (tertiary/aromatic N) is 2. The van der Waals surface area contributed by atoms with Gasteiger partial charge < -0.3 is 20.5 Å². The van der Waals surface area contributed by atoms with E-state index in [-0.39, 0.29) is 28.8 Å². The molecule has 0 aliphatic heterocycles. The minimum Gasteiger partial charge on any atom is -0.506 e. The molecule has 1 aromatic heterocycles. The molecule has 2 aromatic rings. The van der Waals surface area contributed by atoms with Gasteiger partial charge in [0, 0.05) is 14.1 Å². The van der Waals surface area contributed by atoms with Gasteiger partial charge in [0.15, 0.2) is 5.69 Å². The highest BCUT2D eigenvalue weighted by molar-refractivity contribution is 6.05. The fraction of sp³-hybridized carbons (Fsp3) is 0.214. The largest absolute Gasteiger partial charge is 0.506 e. The lowest BCUT2D eigenvalue weighted by atomic mass is 10.2. The van der Waals surface area contributed by atoms with Crippen LogP contribution in [-0.2, 0) is 7.05 Å². The lowest BCUT2D eigenvalue weighted by Crippen LogP contribution is -2.27. The standard InChI is InChI=1S/C14H16N4O4/c1-15-14-17-10(11(22-3)13(21)18(14)2)12(20)16-8-6-4-5-7-9(8)19/h4-7,19H,1-3H3,(H,15,17)(H,16,20). The SMILES string of the molecule is CNc1nc(C(=O)Nc2ccccc2O)c(OC)c(=O)n1C. The van der Waals surface area contributed by atoms with E-state index in [0.29, 0.717) is 0 Å². The Labute approximate surface area is 126 Å². The number of carbonyl (C=O) groups is 1. The number of rotatable bonds is 4. The van der Waals surface area contributed by atoms with Gasteiger partial charge in [-0.3, -0.25) is 14.2 Å². The van der Waals surface area contributed by atoms with Crippen LogP contribution in [0.15, 0.2) is 29.1 Å². The summed E-state index contributed by atoms with van der Waals surface area (Å²) in [6.07, 6.45) is 0. The van der Waals surface area contributed by atoms with Crippen LogP contribution in [0.4, 0.5) is 11.6 Å². The first-order valence-electron chi connectivity index (χ1n) is 6.41. The van der Waals surface area contributed by atoms with Crippen molar-refractivity contribution < 1.29 is 14.6 Å². The van der Waals surface area contributed by atoms with Crippen molar-refractivity contribution in [2.24, 2.45) is 7.05 Å². The molecule has 8 nitrogen and oxygen atoms in total. The number of aromatic hydroxyl groups is 1. The highest BCUT2D eigenvalue weighted by atomic mass is 16.5. The van der Waals surface area contributed by atoms with E-state index in [9.17, 15) is 14.7 Å². The second kappa shape index (κ2) is 6.17. The average molecular weight is 304 g/mol. The van der Waals surface area contributed by atoms with Crippen LogP contribution in [0, 0.1) is 0 Å². The Kier molecular flexibility index (Phi) is 4.31. The lowest BCUT2D eigenvalue weighted by Gasteiger charge is -2.13. The van der Waals surface area contributed by atoms with Gasteiger partial charge in [-0.05, 0) is 12.1 Å². The van der Waals surface area contributed by atoms with Crippen LogP contribution in [0.3, 0.4) is 0 Å². The van der Waals surface area contributed by atoms with Gasteiger partial charge in [-0.1, -0.05) is 12.1 Å². The number of nitrogens with one attached hydrogen (secondary N) is 2. The molecule has 1 aromatic carbocycles. The van der Waals surface area contributed by atoms with Crippen LogP contribution in [0.25, 0.3) is 0 Å². The third-order valence-electron chi connectivity index (χ3n) is 3.04. The maximum atomic E-state index is 12.3. The number of anilines is 2. The third-order valence-corrected chi connectivity index (χ3v) is 3.04. The van der Waals surface area contributed by atoms with E-state index in [2.05, 4.69) is 15.6 Å². The minimum atomic E-state index is -0.660. The highest BCUT2D eigenvalue weighted by Gasteiger charge is 2.21. The van der Waals surface area contributed by atoms with E-state index in [1.807, 2.05) is 0 Å². The number of benzene rings is 1. The van der Waals surface area contributed by atoms with Gasteiger partial charge in [0.25, 0.3) is 11.5 Å². The number of phenols is 1. The molecule has 0 spiro atoms. The van der Waals surface area contributed by atoms with E-state index in [1.54, 1.807) is 19.2 Å². The molecule has 0 aliphatic rings. The van der Waals surface area contributed by atoms with Crippen molar-refractivity contribution in [3.05, 3.63) is 40.3 Å². The molecule has 116 valence electrons. The number of ether oxygens (including phenoxy) is 1. The van der Waals surface area contributed by atoms with Crippen LogP contribution < -0.4 is 20.9 Å². The second-order valence-corrected chi connectivity index (χ2v) is 4.40. The summed E-state index contributed by atoms with van der Waals surface area (Å²) in [5.74, 6) is -0.706. The van der Waals surface area contributed by atoms with Gasteiger partial charge >= 0.3 is 0 Å². The first-order chi connectivity index (χ1) is 10.5. The smallest absolute Gasteiger partial charge is 0.297 e. The summed E-state index contributed by atoms with van der Waals surface area (Å²) in [6.45, 7) is 0. The Morgan fingerprint density at radius 3 is 2.64 bits per heavy atom. The molecule has 1 amide bonds. The predicted octanol–water partition coefficient (Wildman–Crippen LogP) is 0.788. The number of amides is 1. The van der Waals surface area contributed by atoms with Crippen LogP contribution in [0.5, 0.6) is 11.5 Å². The maximum absolute atomic E-state index is 12.3. The fourth-order valence-corrected chi connectivity index (χ4v) is 1.90. The van der Waals surface area contributed by atoms with Crippen molar-refractivity contribution in [3.8, 4) is 11.5 Å². The Balaban J connectivity index is 2.47. The summed E-state index contributed by atoms with van der Waals surface area (Å²) >= 11 is 0. The van der Waals surface area contributed by atoms with Crippen LogP contribution in [0.2, 0.25) is 0 Å². The Bertz CT molecular complexity index is 770. The maximum Gasteiger partial charge on any atom is 0.297 e. The van der Waals surface area contributed by atoms with Crippen molar-refractivity contribution in [1.29, 1.82) is 0 Å². The van der Waals surface area contributed by atoms with Gasteiger partial charge in [-0.2, -0.15) is 0 Å². The van der Waals surface area contributed by atoms with Gasteiger partial charge in [-0.15, -0.1) is 0 Å². The monoisotopic (exact) mass is 304 g/mol. The summed E-state index contributed by atoms with van der Waals surface area (Å²) in [5, 5.41) is 14.9. The molecule has 0 radical (unpaired) electrons. The number of hydrogen-bond acceptors (Lipinski definition) is 6. The zero-order valence-electron chi connectivity index (χ0n) is 12.4. The van der Waals surface area contributed by atoms with Crippen molar-refractivity contribution in [3.63, 3.8) is 0 Å². The zero-order chi connectivity index (χ0) is 16.3. The first kappa shape index (κ1) is 15.4. The molecule has 3 N–H and O–H groups in total. The van der Waals surface area contributed by atoms with Crippen molar-refractivity contribution >= 4 is 17.5 Å². The number of para-hydroxylation sites is 2. The highest BCUT2D eigenvalue weighted by Crippen LogP contribution is 2.23. The molecule has 0 aliphatic carbocycles. The number of aromatic nitrogens is 2. The molecular weight excluding hydrogens is 288 g/mol. The molecule has 0 atom stereocenters. The zero-order valence-corrected chi connectivity index (χ0v) is 12.4. The quantitative estimate of drug-likeness (QED) is 0.721. The molecule has 0 unspecified atom stereocenters. The molecule has 0 bridgehead atoms. The predicted molar refractivity (Wildman–Crippen MR) is 81.6 cm³/mol. The van der Waals surface area contributed by atoms with E-state index in [4.69, 9.17) is 4.74 Å². The number of phenolic OH excluding ortho intramolecular Hbond substituents is 1. The molecule has 0 fully saturated rings. The fourth-order valence-electron chi connectivity index (χ4n) is 1.90. The number of hydrogen-bond donors (Lipinski definition) is 3. The third kappa shape index (κ3) is 2.71. The van der Waals surface area contributed by atoms with Gasteiger partial charge in [0.1, 0.15) is 5.75 Å². The minimum absolute atomic E-state index is 0.0903. The van der Waals surface area contributed by atoms with E-state index in [1.165, 1.54) is 30.9 Å². The van der Waals surface area contributed by atoms with E-state index in [0.717, 1.165) is 0 Å². The Morgan fingerprint density at radius 2 is 2.05 bits per heavy atom. The van der Waals surface area contributed by atoms with Gasteiger partial charge in [-0.25, -0.2) is 4.98 Å². The van der Waals surface area contributed by atoms with Crippen molar-refractivity contribution in [2.75, 3.05) is 24.8 Å². The van der Waals surface area contributed by atoms with Gasteiger partial charge in [0.2, 0.25) is 11.7 Å². The summed E-state index contributed by atoms with van der Waals surface area (Å²) in [6, 6.07) is 6.24. The Hall–Kier alpha value is -3.03. The first-order valence-corrected chi connectivity index (χ1v) is 6.41. The summed E-state index contributed by atoms with van der Waals surface area (Å²) < 4.78 is 6.23. The topological polar surface area (TPSA) is 105 Å². The van der Waals surface area contributed by atoms with Crippen LogP contribution in [0.1, 0.15) is 10.5 Å². The Morgan fingerprint density at radius 1 is 1.36 bits per heavy atom. The van der Waals surface area contributed by atoms with Crippen molar-refractivity contribution in [1.82, 2.24) is 9.55 Å². The lowest BCUT2D eigenvalue weighted by molar-refractivity contribution is 0.101. The average Bonchev–Trinajstić information content (AvgIpc) is 2.51. The van der Waals surface area contributed by atoms with E-state index < -0.39 is 11.5 Å². The second-order valence-electron chi connectivity index (χ2n) is 4.40. The molecule has 2 rings (SSSR count). The summed E-state index contributed by atoms with van der Waals surface area (Å²) in [5.41, 5.74) is -0.453. The molecule has 1 heterocycles. The summed E-state index contributed by atoms with van der Waals surface area (Å²) in [7, 11) is 4.38. The molecule has 8 heteroatoms. The summed E-state index contributed by atoms with van der Waals surface area (Å²) in [4.78, 5) is 28.6.